The van der Waals surface area contributed by atoms with Crippen molar-refractivity contribution >= 4 is 5.82 Å². The average Bonchev–Trinajstić information content (AvgIpc) is 2.38. The smallest absolute Gasteiger partial charge is 0.133 e. The van der Waals surface area contributed by atoms with Gasteiger partial charge in [0.05, 0.1) is 0 Å². The lowest BCUT2D eigenvalue weighted by Crippen LogP contribution is -2.32. The minimum absolute atomic E-state index is 0.518. The molecule has 0 amide bonds. The van der Waals surface area contributed by atoms with E-state index in [9.17, 15) is 0 Å². The average molecular weight is 233 g/mol. The first-order valence-electron chi connectivity index (χ1n) is 6.69. The molecule has 0 aliphatic carbocycles. The van der Waals surface area contributed by atoms with Crippen molar-refractivity contribution in [2.45, 2.75) is 45.7 Å². The van der Waals surface area contributed by atoms with Crippen molar-refractivity contribution in [3.05, 3.63) is 23.9 Å². The largest absolute Gasteiger partial charge is 0.356 e. The van der Waals surface area contributed by atoms with E-state index in [1.807, 2.05) is 12.3 Å². The van der Waals surface area contributed by atoms with Gasteiger partial charge in [0, 0.05) is 37.4 Å². The fourth-order valence-corrected chi connectivity index (χ4v) is 2.27. The number of anilines is 1. The van der Waals surface area contributed by atoms with Gasteiger partial charge in [-0.1, -0.05) is 19.9 Å². The predicted octanol–water partition coefficient (Wildman–Crippen LogP) is 2.57. The van der Waals surface area contributed by atoms with Crippen LogP contribution in [0, 0.1) is 0 Å². The fraction of sp³-hybridized carbons (Fsp3) is 0.643. The normalized spacial score (nSPS) is 16.5. The highest BCUT2D eigenvalue weighted by Crippen LogP contribution is 2.21. The van der Waals surface area contributed by atoms with Crippen LogP contribution in [0.3, 0.4) is 0 Å². The van der Waals surface area contributed by atoms with E-state index in [0.717, 1.165) is 19.6 Å². The maximum atomic E-state index is 4.57. The molecule has 1 aromatic heterocycles. The van der Waals surface area contributed by atoms with Gasteiger partial charge in [-0.25, -0.2) is 4.98 Å². The van der Waals surface area contributed by atoms with Crippen molar-refractivity contribution < 1.29 is 0 Å². The Hall–Kier alpha value is -1.09. The second-order valence-corrected chi connectivity index (χ2v) is 5.07. The molecule has 0 radical (unpaired) electrons. The molecule has 0 aromatic carbocycles. The predicted molar refractivity (Wildman–Crippen MR) is 72.3 cm³/mol. The highest BCUT2D eigenvalue weighted by molar-refractivity contribution is 5.46. The summed E-state index contributed by atoms with van der Waals surface area (Å²) in [6.45, 7) is 7.59. The SMILES string of the molecule is CC(C)NCc1cccnc1N1CCCCC1. The molecule has 0 bridgehead atoms. The van der Waals surface area contributed by atoms with Crippen molar-refractivity contribution in [1.29, 1.82) is 0 Å². The monoisotopic (exact) mass is 233 g/mol. The van der Waals surface area contributed by atoms with Crippen molar-refractivity contribution in [3.63, 3.8) is 0 Å². The number of piperidine rings is 1. The lowest BCUT2D eigenvalue weighted by molar-refractivity contribution is 0.561. The van der Waals surface area contributed by atoms with Gasteiger partial charge in [0.15, 0.2) is 0 Å². The minimum atomic E-state index is 0.518. The summed E-state index contributed by atoms with van der Waals surface area (Å²) >= 11 is 0. The maximum Gasteiger partial charge on any atom is 0.133 e. The van der Waals surface area contributed by atoms with E-state index in [0.29, 0.717) is 6.04 Å². The Labute approximate surface area is 104 Å². The molecule has 2 heterocycles. The molecule has 17 heavy (non-hydrogen) atoms. The standard InChI is InChI=1S/C14H23N3/c1-12(2)16-11-13-7-6-8-15-14(13)17-9-4-3-5-10-17/h6-8,12,16H,3-5,9-11H2,1-2H3. The van der Waals surface area contributed by atoms with Crippen molar-refractivity contribution in [2.75, 3.05) is 18.0 Å². The summed E-state index contributed by atoms with van der Waals surface area (Å²) in [5, 5.41) is 3.47. The van der Waals surface area contributed by atoms with E-state index in [1.165, 1.54) is 30.6 Å². The molecule has 0 saturated carbocycles. The number of aromatic nitrogens is 1. The highest BCUT2D eigenvalue weighted by atomic mass is 15.2. The summed E-state index contributed by atoms with van der Waals surface area (Å²) < 4.78 is 0. The summed E-state index contributed by atoms with van der Waals surface area (Å²) in [4.78, 5) is 7.00. The first-order chi connectivity index (χ1) is 8.27. The summed E-state index contributed by atoms with van der Waals surface area (Å²) in [6.07, 6.45) is 5.87. The molecule has 1 aliphatic rings. The van der Waals surface area contributed by atoms with Gasteiger partial charge in [-0.2, -0.15) is 0 Å². The van der Waals surface area contributed by atoms with Gasteiger partial charge in [-0.15, -0.1) is 0 Å². The van der Waals surface area contributed by atoms with E-state index in [4.69, 9.17) is 0 Å². The molecule has 1 fully saturated rings. The quantitative estimate of drug-likeness (QED) is 0.866. The number of pyridine rings is 1. The lowest BCUT2D eigenvalue weighted by Gasteiger charge is -2.29. The third kappa shape index (κ3) is 3.43. The fourth-order valence-electron chi connectivity index (χ4n) is 2.27. The van der Waals surface area contributed by atoms with E-state index >= 15 is 0 Å². The number of rotatable bonds is 4. The summed E-state index contributed by atoms with van der Waals surface area (Å²) in [7, 11) is 0. The zero-order valence-corrected chi connectivity index (χ0v) is 10.9. The Morgan fingerprint density at radius 3 is 2.76 bits per heavy atom. The second kappa shape index (κ2) is 6.01. The van der Waals surface area contributed by atoms with Crippen molar-refractivity contribution in [2.24, 2.45) is 0 Å². The Morgan fingerprint density at radius 2 is 2.06 bits per heavy atom. The Kier molecular flexibility index (Phi) is 4.37. The summed E-state index contributed by atoms with van der Waals surface area (Å²) in [6, 6.07) is 4.74. The minimum Gasteiger partial charge on any atom is -0.356 e. The highest BCUT2D eigenvalue weighted by Gasteiger charge is 2.15. The lowest BCUT2D eigenvalue weighted by atomic mass is 10.1. The molecule has 3 nitrogen and oxygen atoms in total. The van der Waals surface area contributed by atoms with Crippen LogP contribution >= 0.6 is 0 Å². The van der Waals surface area contributed by atoms with E-state index in [-0.39, 0.29) is 0 Å². The van der Waals surface area contributed by atoms with Crippen LogP contribution in [0.1, 0.15) is 38.7 Å². The van der Waals surface area contributed by atoms with Crippen LogP contribution in [0.25, 0.3) is 0 Å². The van der Waals surface area contributed by atoms with Crippen LogP contribution in [-0.2, 0) is 6.54 Å². The Morgan fingerprint density at radius 1 is 1.29 bits per heavy atom. The van der Waals surface area contributed by atoms with Crippen LogP contribution in [0.2, 0.25) is 0 Å². The van der Waals surface area contributed by atoms with E-state index in [1.54, 1.807) is 0 Å². The van der Waals surface area contributed by atoms with Gasteiger partial charge in [0.1, 0.15) is 5.82 Å². The van der Waals surface area contributed by atoms with Crippen LogP contribution in [0.5, 0.6) is 0 Å². The molecular weight excluding hydrogens is 210 g/mol. The maximum absolute atomic E-state index is 4.57. The summed E-state index contributed by atoms with van der Waals surface area (Å²) in [5.74, 6) is 1.18. The van der Waals surface area contributed by atoms with Crippen LogP contribution in [0.4, 0.5) is 5.82 Å². The first kappa shape index (κ1) is 12.4. The molecule has 2 rings (SSSR count). The van der Waals surface area contributed by atoms with Crippen LogP contribution < -0.4 is 10.2 Å². The molecule has 94 valence electrons. The molecular formula is C14H23N3. The van der Waals surface area contributed by atoms with Gasteiger partial charge in [0.2, 0.25) is 0 Å². The van der Waals surface area contributed by atoms with Gasteiger partial charge >= 0.3 is 0 Å². The third-order valence-corrected chi connectivity index (χ3v) is 3.22. The number of hydrogen-bond donors (Lipinski definition) is 1. The molecule has 1 N–H and O–H groups in total. The Bertz CT molecular complexity index is 343. The van der Waals surface area contributed by atoms with Crippen molar-refractivity contribution in [1.82, 2.24) is 10.3 Å². The second-order valence-electron chi connectivity index (χ2n) is 5.07. The van der Waals surface area contributed by atoms with Gasteiger partial charge < -0.3 is 10.2 Å². The Balaban J connectivity index is 2.09. The van der Waals surface area contributed by atoms with Gasteiger partial charge in [-0.3, -0.25) is 0 Å². The molecule has 1 aliphatic heterocycles. The molecule has 3 heteroatoms. The molecule has 0 atom stereocenters. The van der Waals surface area contributed by atoms with Gasteiger partial charge in [-0.05, 0) is 25.3 Å². The zero-order valence-electron chi connectivity index (χ0n) is 10.9. The molecule has 0 unspecified atom stereocenters. The summed E-state index contributed by atoms with van der Waals surface area (Å²) in [5.41, 5.74) is 1.32. The topological polar surface area (TPSA) is 28.2 Å². The van der Waals surface area contributed by atoms with Crippen LogP contribution in [0.15, 0.2) is 18.3 Å². The van der Waals surface area contributed by atoms with Gasteiger partial charge in [0.25, 0.3) is 0 Å². The number of hydrogen-bond acceptors (Lipinski definition) is 3. The van der Waals surface area contributed by atoms with E-state index < -0.39 is 0 Å². The number of nitrogens with zero attached hydrogens (tertiary/aromatic N) is 2. The number of nitrogens with one attached hydrogen (secondary N) is 1. The van der Waals surface area contributed by atoms with E-state index in [2.05, 4.69) is 35.1 Å². The molecule has 0 spiro atoms. The zero-order chi connectivity index (χ0) is 12.1. The first-order valence-corrected chi connectivity index (χ1v) is 6.69. The molecule has 1 saturated heterocycles. The van der Waals surface area contributed by atoms with Crippen LogP contribution in [-0.4, -0.2) is 24.1 Å². The molecule has 1 aromatic rings. The third-order valence-electron chi connectivity index (χ3n) is 3.22. The van der Waals surface area contributed by atoms with Crippen molar-refractivity contribution in [3.8, 4) is 0 Å².